The lowest BCUT2D eigenvalue weighted by molar-refractivity contribution is 0.0724. The number of carbonyl (C=O) groups is 1. The van der Waals surface area contributed by atoms with E-state index >= 15 is 0 Å². The lowest BCUT2D eigenvalue weighted by atomic mass is 10.1. The summed E-state index contributed by atoms with van der Waals surface area (Å²) in [5, 5.41) is 0. The highest BCUT2D eigenvalue weighted by atomic mass is 32.2. The lowest BCUT2D eigenvalue weighted by Crippen LogP contribution is -2.35. The van der Waals surface area contributed by atoms with E-state index in [1.165, 1.54) is 6.07 Å². The molecule has 1 aliphatic heterocycles. The number of nitrogens with zero attached hydrogens (tertiary/aromatic N) is 1. The van der Waals surface area contributed by atoms with Gasteiger partial charge in [-0.2, -0.15) is 0 Å². The maximum absolute atomic E-state index is 12.4. The van der Waals surface area contributed by atoms with Crippen molar-refractivity contribution in [3.8, 4) is 0 Å². The second-order valence-electron chi connectivity index (χ2n) is 5.20. The lowest BCUT2D eigenvalue weighted by Gasteiger charge is -2.26. The first kappa shape index (κ1) is 15.0. The van der Waals surface area contributed by atoms with Gasteiger partial charge in [0.15, 0.2) is 9.84 Å². The summed E-state index contributed by atoms with van der Waals surface area (Å²) < 4.78 is 24.1. The van der Waals surface area contributed by atoms with Crippen LogP contribution >= 0.6 is 0 Å². The summed E-state index contributed by atoms with van der Waals surface area (Å²) in [6, 6.07) is 6.43. The van der Waals surface area contributed by atoms with Crippen molar-refractivity contribution < 1.29 is 13.2 Å². The monoisotopic (exact) mass is 295 g/mol. The summed E-state index contributed by atoms with van der Waals surface area (Å²) in [6.45, 7) is 3.37. The molecule has 1 saturated heterocycles. The Balaban J connectivity index is 2.23. The number of hydrogen-bond acceptors (Lipinski definition) is 3. The van der Waals surface area contributed by atoms with Gasteiger partial charge in [-0.25, -0.2) is 8.42 Å². The molecular formula is C15H21NO3S. The molecule has 5 heteroatoms. The quantitative estimate of drug-likeness (QED) is 0.857. The molecule has 0 atom stereocenters. The summed E-state index contributed by atoms with van der Waals surface area (Å²) in [6.07, 6.45) is 3.79. The highest BCUT2D eigenvalue weighted by Crippen LogP contribution is 2.17. The summed E-state index contributed by atoms with van der Waals surface area (Å²) in [4.78, 5) is 14.4. The van der Waals surface area contributed by atoms with Crippen molar-refractivity contribution in [2.45, 2.75) is 37.5 Å². The molecule has 2 rings (SSSR count). The van der Waals surface area contributed by atoms with Gasteiger partial charge in [-0.3, -0.25) is 4.79 Å². The molecule has 20 heavy (non-hydrogen) atoms. The maximum Gasteiger partial charge on any atom is 0.253 e. The first-order chi connectivity index (χ1) is 9.54. The Labute approximate surface area is 120 Å². The minimum atomic E-state index is -3.27. The van der Waals surface area contributed by atoms with Crippen molar-refractivity contribution in [2.24, 2.45) is 0 Å². The molecular weight excluding hydrogens is 274 g/mol. The van der Waals surface area contributed by atoms with Crippen LogP contribution in [0.25, 0.3) is 0 Å². The van der Waals surface area contributed by atoms with Gasteiger partial charge >= 0.3 is 0 Å². The molecule has 1 fully saturated rings. The second kappa shape index (κ2) is 6.39. The van der Waals surface area contributed by atoms with Crippen LogP contribution in [0.3, 0.4) is 0 Å². The van der Waals surface area contributed by atoms with Crippen LogP contribution in [0, 0.1) is 0 Å². The Kier molecular flexibility index (Phi) is 4.81. The molecule has 0 unspecified atom stereocenters. The van der Waals surface area contributed by atoms with Crippen molar-refractivity contribution in [3.05, 3.63) is 29.8 Å². The predicted octanol–water partition coefficient (Wildman–Crippen LogP) is 2.50. The molecule has 0 aromatic heterocycles. The van der Waals surface area contributed by atoms with Crippen molar-refractivity contribution >= 4 is 15.7 Å². The molecule has 1 amide bonds. The van der Waals surface area contributed by atoms with Crippen LogP contribution in [-0.4, -0.2) is 38.1 Å². The molecule has 1 aliphatic rings. The molecule has 0 spiro atoms. The zero-order valence-corrected chi connectivity index (χ0v) is 12.7. The Morgan fingerprint density at radius 3 is 2.55 bits per heavy atom. The van der Waals surface area contributed by atoms with Crippen molar-refractivity contribution in [2.75, 3.05) is 18.8 Å². The van der Waals surface area contributed by atoms with Gasteiger partial charge in [0.2, 0.25) is 0 Å². The van der Waals surface area contributed by atoms with E-state index in [0.717, 1.165) is 32.4 Å². The van der Waals surface area contributed by atoms with Gasteiger partial charge in [0.05, 0.1) is 10.6 Å². The summed E-state index contributed by atoms with van der Waals surface area (Å²) in [5.41, 5.74) is 0.476. The van der Waals surface area contributed by atoms with Gasteiger partial charge in [-0.15, -0.1) is 0 Å². The van der Waals surface area contributed by atoms with Gasteiger partial charge in [0, 0.05) is 18.7 Å². The topological polar surface area (TPSA) is 54.5 Å². The maximum atomic E-state index is 12.4. The zero-order valence-electron chi connectivity index (χ0n) is 11.8. The third-order valence-corrected chi connectivity index (χ3v) is 5.47. The average molecular weight is 295 g/mol. The van der Waals surface area contributed by atoms with Crippen molar-refractivity contribution in [3.63, 3.8) is 0 Å². The summed E-state index contributed by atoms with van der Waals surface area (Å²) in [7, 11) is -3.27. The van der Waals surface area contributed by atoms with Crippen LogP contribution in [0.5, 0.6) is 0 Å². The Hall–Kier alpha value is -1.36. The fourth-order valence-corrected chi connectivity index (χ4v) is 3.85. The minimum absolute atomic E-state index is 0.0572. The SMILES string of the molecule is CCCS(=O)(=O)c1cccc(C(=O)N2CCCCC2)c1. The number of rotatable bonds is 4. The van der Waals surface area contributed by atoms with Crippen LogP contribution in [0.15, 0.2) is 29.2 Å². The normalized spacial score (nSPS) is 16.1. The van der Waals surface area contributed by atoms with E-state index in [1.807, 2.05) is 11.8 Å². The summed E-state index contributed by atoms with van der Waals surface area (Å²) in [5.74, 6) is 0.0622. The number of sulfone groups is 1. The standard InChI is InChI=1S/C15H21NO3S/c1-2-11-20(18,19)14-8-6-7-13(12-14)15(17)16-9-4-3-5-10-16/h6-8,12H,2-5,9-11H2,1H3. The highest BCUT2D eigenvalue weighted by molar-refractivity contribution is 7.91. The summed E-state index contributed by atoms with van der Waals surface area (Å²) >= 11 is 0. The van der Waals surface area contributed by atoms with E-state index in [9.17, 15) is 13.2 Å². The number of piperidine rings is 1. The molecule has 0 radical (unpaired) electrons. The van der Waals surface area contributed by atoms with E-state index in [1.54, 1.807) is 18.2 Å². The third-order valence-electron chi connectivity index (χ3n) is 3.56. The molecule has 1 heterocycles. The molecule has 0 N–H and O–H groups in total. The molecule has 1 aromatic carbocycles. The average Bonchev–Trinajstić information content (AvgIpc) is 2.47. The van der Waals surface area contributed by atoms with E-state index in [0.29, 0.717) is 12.0 Å². The Morgan fingerprint density at radius 1 is 1.20 bits per heavy atom. The van der Waals surface area contributed by atoms with Crippen molar-refractivity contribution in [1.29, 1.82) is 0 Å². The zero-order chi connectivity index (χ0) is 14.6. The molecule has 0 bridgehead atoms. The second-order valence-corrected chi connectivity index (χ2v) is 7.31. The predicted molar refractivity (Wildman–Crippen MR) is 78.5 cm³/mol. The molecule has 1 aromatic rings. The first-order valence-corrected chi connectivity index (χ1v) is 8.82. The van der Waals surface area contributed by atoms with E-state index in [-0.39, 0.29) is 16.6 Å². The third kappa shape index (κ3) is 3.39. The Morgan fingerprint density at radius 2 is 1.90 bits per heavy atom. The number of likely N-dealkylation sites (tertiary alicyclic amines) is 1. The number of carbonyl (C=O) groups excluding carboxylic acids is 1. The van der Waals surface area contributed by atoms with Gasteiger partial charge in [-0.05, 0) is 43.9 Å². The number of hydrogen-bond donors (Lipinski definition) is 0. The van der Waals surface area contributed by atoms with Crippen LogP contribution < -0.4 is 0 Å². The molecule has 0 saturated carbocycles. The van der Waals surface area contributed by atoms with Gasteiger partial charge < -0.3 is 4.90 Å². The first-order valence-electron chi connectivity index (χ1n) is 7.16. The van der Waals surface area contributed by atoms with Gasteiger partial charge in [-0.1, -0.05) is 13.0 Å². The van der Waals surface area contributed by atoms with Crippen LogP contribution in [-0.2, 0) is 9.84 Å². The molecule has 4 nitrogen and oxygen atoms in total. The largest absolute Gasteiger partial charge is 0.339 e. The minimum Gasteiger partial charge on any atom is -0.339 e. The van der Waals surface area contributed by atoms with E-state index in [4.69, 9.17) is 0 Å². The van der Waals surface area contributed by atoms with E-state index < -0.39 is 9.84 Å². The van der Waals surface area contributed by atoms with Crippen LogP contribution in [0.2, 0.25) is 0 Å². The van der Waals surface area contributed by atoms with Crippen molar-refractivity contribution in [1.82, 2.24) is 4.90 Å². The van der Waals surface area contributed by atoms with Gasteiger partial charge in [0.1, 0.15) is 0 Å². The Bertz CT molecular complexity index is 575. The number of benzene rings is 1. The van der Waals surface area contributed by atoms with Gasteiger partial charge in [0.25, 0.3) is 5.91 Å². The molecule has 0 aliphatic carbocycles. The fourth-order valence-electron chi connectivity index (χ4n) is 2.49. The number of amides is 1. The van der Waals surface area contributed by atoms with Crippen LogP contribution in [0.4, 0.5) is 0 Å². The van der Waals surface area contributed by atoms with Crippen LogP contribution in [0.1, 0.15) is 43.0 Å². The highest BCUT2D eigenvalue weighted by Gasteiger charge is 2.20. The van der Waals surface area contributed by atoms with E-state index in [2.05, 4.69) is 0 Å². The fraction of sp³-hybridized carbons (Fsp3) is 0.533. The smallest absolute Gasteiger partial charge is 0.253 e. The molecule has 110 valence electrons.